The molecule has 0 aliphatic rings. The highest BCUT2D eigenvalue weighted by Crippen LogP contribution is 2.55. The number of nitrogens with one attached hydrogen (secondary N) is 1. The van der Waals surface area contributed by atoms with Crippen molar-refractivity contribution in [2.24, 2.45) is 0 Å². The maximum Gasteiger partial charge on any atom is 0.112 e. The minimum Gasteiger partial charge on any atom is -0.317 e. The van der Waals surface area contributed by atoms with Crippen molar-refractivity contribution in [2.45, 2.75) is 26.2 Å². The molecule has 3 aromatic carbocycles. The molecule has 0 fully saturated rings. The van der Waals surface area contributed by atoms with Gasteiger partial charge in [0.2, 0.25) is 0 Å². The van der Waals surface area contributed by atoms with Crippen LogP contribution in [0.1, 0.15) is 26.2 Å². The fourth-order valence-corrected chi connectivity index (χ4v) is 8.09. The zero-order valence-corrected chi connectivity index (χ0v) is 17.2. The van der Waals surface area contributed by atoms with Gasteiger partial charge < -0.3 is 5.32 Å². The van der Waals surface area contributed by atoms with E-state index in [9.17, 15) is 0 Å². The maximum absolute atomic E-state index is 3.63. The lowest BCUT2D eigenvalue weighted by Crippen LogP contribution is -2.34. The van der Waals surface area contributed by atoms with E-state index in [4.69, 9.17) is 0 Å². The van der Waals surface area contributed by atoms with Gasteiger partial charge in [0.25, 0.3) is 0 Å². The van der Waals surface area contributed by atoms with Crippen LogP contribution in [0.2, 0.25) is 0 Å². The number of rotatable bonds is 10. The summed E-state index contributed by atoms with van der Waals surface area (Å²) in [6.45, 7) is 4.47. The molecule has 0 aliphatic carbocycles. The van der Waals surface area contributed by atoms with Crippen molar-refractivity contribution in [3.63, 3.8) is 0 Å². The number of hydrogen-bond donors (Lipinski definition) is 1. The van der Waals surface area contributed by atoms with Crippen molar-refractivity contribution < 1.29 is 0 Å². The summed E-state index contributed by atoms with van der Waals surface area (Å²) in [7, 11) is -1.65. The van der Waals surface area contributed by atoms with Gasteiger partial charge in [0.1, 0.15) is 23.2 Å². The molecule has 0 saturated heterocycles. The second-order valence-corrected chi connectivity index (χ2v) is 10.6. The van der Waals surface area contributed by atoms with Crippen LogP contribution in [-0.4, -0.2) is 19.3 Å². The molecule has 1 N–H and O–H groups in total. The van der Waals surface area contributed by atoms with Gasteiger partial charge in [-0.25, -0.2) is 0 Å². The Bertz CT molecular complexity index is 675. The molecule has 140 valence electrons. The molecule has 0 unspecified atom stereocenters. The van der Waals surface area contributed by atoms with Gasteiger partial charge in [-0.1, -0.05) is 67.9 Å². The largest absolute Gasteiger partial charge is 0.317 e. The van der Waals surface area contributed by atoms with Gasteiger partial charge in [-0.05, 0) is 62.3 Å². The molecule has 0 aliphatic heterocycles. The summed E-state index contributed by atoms with van der Waals surface area (Å²) in [5.41, 5.74) is 0. The highest BCUT2D eigenvalue weighted by Gasteiger charge is 2.44. The smallest absolute Gasteiger partial charge is 0.112 e. The van der Waals surface area contributed by atoms with E-state index in [1.807, 2.05) is 0 Å². The third-order valence-electron chi connectivity index (χ3n) is 5.15. The van der Waals surface area contributed by atoms with Gasteiger partial charge in [0.15, 0.2) is 0 Å². The fraction of sp³-hybridized carbons (Fsp3) is 0.280. The summed E-state index contributed by atoms with van der Waals surface area (Å²) in [6, 6.07) is 33.5. The summed E-state index contributed by atoms with van der Waals surface area (Å²) in [5, 5.41) is 8.08. The van der Waals surface area contributed by atoms with E-state index in [1.165, 1.54) is 41.3 Å². The number of hydrogen-bond acceptors (Lipinski definition) is 1. The zero-order valence-electron chi connectivity index (χ0n) is 16.4. The molecule has 2 heteroatoms. The predicted molar refractivity (Wildman–Crippen MR) is 122 cm³/mol. The Morgan fingerprint density at radius 2 is 1.00 bits per heavy atom. The summed E-state index contributed by atoms with van der Waals surface area (Å²) in [6.07, 6.45) is 4.90. The first kappa shape index (κ1) is 19.8. The first-order valence-electron chi connectivity index (χ1n) is 10.1. The first-order valence-corrected chi connectivity index (χ1v) is 12.1. The minimum atomic E-state index is -1.65. The molecule has 0 spiro atoms. The van der Waals surface area contributed by atoms with Crippen molar-refractivity contribution in [2.75, 3.05) is 19.3 Å². The molecular formula is C25H31NP+. The van der Waals surface area contributed by atoms with E-state index in [0.29, 0.717) is 0 Å². The Morgan fingerprint density at radius 3 is 1.41 bits per heavy atom. The van der Waals surface area contributed by atoms with E-state index >= 15 is 0 Å². The standard InChI is InChI=1S/C25H31NP/c1-2-3-20-26-21-13-22-27(23-14-7-4-8-15-23,24-16-9-5-10-17-24)25-18-11-6-12-19-25/h4-12,14-19,26H,2-3,13,20-22H2,1H3/q+1. The van der Waals surface area contributed by atoms with Gasteiger partial charge in [-0.15, -0.1) is 0 Å². The maximum atomic E-state index is 3.63. The monoisotopic (exact) mass is 376 g/mol. The third kappa shape index (κ3) is 4.86. The second kappa shape index (κ2) is 10.4. The normalized spacial score (nSPS) is 11.4. The summed E-state index contributed by atoms with van der Waals surface area (Å²) >= 11 is 0. The van der Waals surface area contributed by atoms with Crippen LogP contribution in [0.15, 0.2) is 91.0 Å². The van der Waals surface area contributed by atoms with Crippen molar-refractivity contribution in [1.82, 2.24) is 5.32 Å². The predicted octanol–water partition coefficient (Wildman–Crippen LogP) is 4.76. The van der Waals surface area contributed by atoms with Crippen LogP contribution in [0, 0.1) is 0 Å². The molecule has 0 saturated carbocycles. The Hall–Kier alpha value is -1.95. The van der Waals surface area contributed by atoms with Crippen molar-refractivity contribution in [3.8, 4) is 0 Å². The molecule has 1 nitrogen and oxygen atoms in total. The van der Waals surface area contributed by atoms with E-state index in [2.05, 4.69) is 103 Å². The van der Waals surface area contributed by atoms with Crippen LogP contribution in [0.25, 0.3) is 0 Å². The van der Waals surface area contributed by atoms with E-state index in [0.717, 1.165) is 13.1 Å². The van der Waals surface area contributed by atoms with Crippen LogP contribution < -0.4 is 21.2 Å². The van der Waals surface area contributed by atoms with Crippen LogP contribution in [0.5, 0.6) is 0 Å². The summed E-state index contributed by atoms with van der Waals surface area (Å²) in [4.78, 5) is 0. The molecule has 0 heterocycles. The van der Waals surface area contributed by atoms with Gasteiger partial charge in [-0.2, -0.15) is 0 Å². The van der Waals surface area contributed by atoms with Gasteiger partial charge in [-0.3, -0.25) is 0 Å². The van der Waals surface area contributed by atoms with E-state index in [1.54, 1.807) is 0 Å². The molecule has 0 atom stereocenters. The molecule has 0 radical (unpaired) electrons. The summed E-state index contributed by atoms with van der Waals surface area (Å²) in [5.74, 6) is 0. The van der Waals surface area contributed by atoms with E-state index < -0.39 is 7.26 Å². The molecule has 0 aromatic heterocycles. The van der Waals surface area contributed by atoms with Crippen molar-refractivity contribution in [1.29, 1.82) is 0 Å². The van der Waals surface area contributed by atoms with Crippen LogP contribution >= 0.6 is 7.26 Å². The van der Waals surface area contributed by atoms with Gasteiger partial charge >= 0.3 is 0 Å². The minimum absolute atomic E-state index is 1.09. The second-order valence-electron chi connectivity index (χ2n) is 7.00. The van der Waals surface area contributed by atoms with Gasteiger partial charge in [0.05, 0.1) is 6.16 Å². The quantitative estimate of drug-likeness (QED) is 0.397. The van der Waals surface area contributed by atoms with Crippen LogP contribution in [0.4, 0.5) is 0 Å². The lowest BCUT2D eigenvalue weighted by Gasteiger charge is -2.27. The van der Waals surface area contributed by atoms with E-state index in [-0.39, 0.29) is 0 Å². The third-order valence-corrected chi connectivity index (χ3v) is 9.67. The Balaban J connectivity index is 1.98. The lowest BCUT2D eigenvalue weighted by atomic mass is 10.3. The molecule has 0 amide bonds. The molecule has 0 bridgehead atoms. The highest BCUT2D eigenvalue weighted by molar-refractivity contribution is 7.95. The first-order chi connectivity index (χ1) is 13.4. The molecule has 3 aromatic rings. The lowest BCUT2D eigenvalue weighted by molar-refractivity contribution is 0.634. The Kier molecular flexibility index (Phi) is 7.63. The van der Waals surface area contributed by atoms with Crippen LogP contribution in [-0.2, 0) is 0 Å². The average molecular weight is 377 g/mol. The van der Waals surface area contributed by atoms with Crippen molar-refractivity contribution >= 4 is 23.2 Å². The average Bonchev–Trinajstić information content (AvgIpc) is 2.75. The summed E-state index contributed by atoms with van der Waals surface area (Å²) < 4.78 is 0. The SMILES string of the molecule is CCCCNCCC[P+](c1ccccc1)(c1ccccc1)c1ccccc1. The Labute approximate surface area is 165 Å². The number of benzene rings is 3. The Morgan fingerprint density at radius 1 is 0.593 bits per heavy atom. The fourth-order valence-electron chi connectivity index (χ4n) is 3.75. The zero-order chi connectivity index (χ0) is 18.8. The highest BCUT2D eigenvalue weighted by atomic mass is 31.2. The molecule has 3 rings (SSSR count). The van der Waals surface area contributed by atoms with Crippen LogP contribution in [0.3, 0.4) is 0 Å². The molecular weight excluding hydrogens is 345 g/mol. The topological polar surface area (TPSA) is 12.0 Å². The van der Waals surface area contributed by atoms with Crippen molar-refractivity contribution in [3.05, 3.63) is 91.0 Å². The van der Waals surface area contributed by atoms with Gasteiger partial charge in [0, 0.05) is 0 Å². The molecule has 27 heavy (non-hydrogen) atoms. The number of unbranched alkanes of at least 4 members (excludes halogenated alkanes) is 1.